The Hall–Kier alpha value is -1.49. The van der Waals surface area contributed by atoms with Gasteiger partial charge in [0.05, 0.1) is 0 Å². The average Bonchev–Trinajstić information content (AvgIpc) is 3.12. The molecule has 0 aliphatic carbocycles. The van der Waals surface area contributed by atoms with E-state index in [1.165, 1.54) is 10.9 Å². The van der Waals surface area contributed by atoms with Gasteiger partial charge in [0.1, 0.15) is 0 Å². The van der Waals surface area contributed by atoms with Crippen LogP contribution in [0.5, 0.6) is 0 Å². The second-order valence-corrected chi connectivity index (χ2v) is 7.11. The standard InChI is InChI=1S/C16H17BrN2O2/c17-11-1-3-14-13(7-11)10(8-18-14)5-9-6-12-2-4-15(9)19(12)16(20)21/h1,3,7-9,12,15,18H,2,4-6H2,(H,20,21). The summed E-state index contributed by atoms with van der Waals surface area (Å²) in [7, 11) is 0. The average molecular weight is 349 g/mol. The fourth-order valence-corrected chi connectivity index (χ4v) is 4.59. The van der Waals surface area contributed by atoms with Crippen LogP contribution in [0.2, 0.25) is 0 Å². The van der Waals surface area contributed by atoms with E-state index in [-0.39, 0.29) is 12.1 Å². The van der Waals surface area contributed by atoms with Gasteiger partial charge in [0.15, 0.2) is 0 Å². The first-order valence-corrected chi connectivity index (χ1v) is 8.19. The van der Waals surface area contributed by atoms with Gasteiger partial charge in [-0.05, 0) is 55.4 Å². The van der Waals surface area contributed by atoms with Gasteiger partial charge in [-0.25, -0.2) is 4.79 Å². The lowest BCUT2D eigenvalue weighted by Gasteiger charge is -2.21. The number of aromatic amines is 1. The summed E-state index contributed by atoms with van der Waals surface area (Å²) in [6.45, 7) is 0. The van der Waals surface area contributed by atoms with Gasteiger partial charge in [-0.3, -0.25) is 0 Å². The van der Waals surface area contributed by atoms with E-state index in [1.807, 2.05) is 6.07 Å². The number of fused-ring (bicyclic) bond motifs is 3. The molecule has 0 spiro atoms. The molecular formula is C16H17BrN2O2. The number of aromatic nitrogens is 1. The predicted molar refractivity (Wildman–Crippen MR) is 84.5 cm³/mol. The van der Waals surface area contributed by atoms with Crippen LogP contribution in [0.3, 0.4) is 0 Å². The van der Waals surface area contributed by atoms with Crippen molar-refractivity contribution in [2.75, 3.05) is 0 Å². The maximum atomic E-state index is 11.4. The number of hydrogen-bond acceptors (Lipinski definition) is 1. The third-order valence-electron chi connectivity index (χ3n) is 5.10. The highest BCUT2D eigenvalue weighted by molar-refractivity contribution is 9.10. The number of hydrogen-bond donors (Lipinski definition) is 2. The lowest BCUT2D eigenvalue weighted by Crippen LogP contribution is -2.35. The van der Waals surface area contributed by atoms with Crippen molar-refractivity contribution < 1.29 is 9.90 Å². The number of rotatable bonds is 2. The predicted octanol–water partition coefficient (Wildman–Crippen LogP) is 4.00. The zero-order valence-corrected chi connectivity index (χ0v) is 13.1. The minimum Gasteiger partial charge on any atom is -0.465 e. The number of nitrogens with one attached hydrogen (secondary N) is 1. The summed E-state index contributed by atoms with van der Waals surface area (Å²) >= 11 is 3.53. The van der Waals surface area contributed by atoms with Crippen molar-refractivity contribution in [2.45, 2.75) is 37.8 Å². The molecular weight excluding hydrogens is 332 g/mol. The Morgan fingerprint density at radius 1 is 1.43 bits per heavy atom. The number of H-pyrrole nitrogens is 1. The molecule has 1 aromatic heterocycles. The third-order valence-corrected chi connectivity index (χ3v) is 5.59. The summed E-state index contributed by atoms with van der Waals surface area (Å²) < 4.78 is 1.08. The minimum absolute atomic E-state index is 0.213. The monoisotopic (exact) mass is 348 g/mol. The molecule has 21 heavy (non-hydrogen) atoms. The van der Waals surface area contributed by atoms with Gasteiger partial charge < -0.3 is 15.0 Å². The molecule has 0 radical (unpaired) electrons. The lowest BCUT2D eigenvalue weighted by atomic mass is 9.84. The molecule has 2 saturated heterocycles. The van der Waals surface area contributed by atoms with E-state index in [0.717, 1.165) is 35.7 Å². The highest BCUT2D eigenvalue weighted by Crippen LogP contribution is 2.43. The van der Waals surface area contributed by atoms with Crippen LogP contribution in [0, 0.1) is 5.92 Å². The van der Waals surface area contributed by atoms with E-state index in [9.17, 15) is 9.90 Å². The van der Waals surface area contributed by atoms with Gasteiger partial charge in [-0.2, -0.15) is 0 Å². The smallest absolute Gasteiger partial charge is 0.407 e. The van der Waals surface area contributed by atoms with Crippen LogP contribution in [-0.2, 0) is 6.42 Å². The Labute approximate surface area is 131 Å². The molecule has 1 aromatic carbocycles. The molecule has 2 bridgehead atoms. The quantitative estimate of drug-likeness (QED) is 0.861. The summed E-state index contributed by atoms with van der Waals surface area (Å²) in [5.41, 5.74) is 2.45. The molecule has 3 unspecified atom stereocenters. The van der Waals surface area contributed by atoms with Gasteiger partial charge >= 0.3 is 6.09 Å². The molecule has 0 saturated carbocycles. The molecule has 2 aliphatic heterocycles. The van der Waals surface area contributed by atoms with Crippen molar-refractivity contribution in [3.8, 4) is 0 Å². The van der Waals surface area contributed by atoms with Crippen LogP contribution in [-0.4, -0.2) is 33.2 Å². The van der Waals surface area contributed by atoms with Crippen molar-refractivity contribution in [3.63, 3.8) is 0 Å². The van der Waals surface area contributed by atoms with E-state index >= 15 is 0 Å². The van der Waals surface area contributed by atoms with Crippen LogP contribution in [0.15, 0.2) is 28.9 Å². The van der Waals surface area contributed by atoms with Gasteiger partial charge in [0, 0.05) is 33.7 Å². The largest absolute Gasteiger partial charge is 0.465 e. The van der Waals surface area contributed by atoms with Crippen molar-refractivity contribution in [1.82, 2.24) is 9.88 Å². The van der Waals surface area contributed by atoms with Gasteiger partial charge in [-0.15, -0.1) is 0 Å². The molecule has 2 N–H and O–H groups in total. The molecule has 4 rings (SSSR count). The fourth-order valence-electron chi connectivity index (χ4n) is 4.23. The SMILES string of the molecule is O=C(O)N1C2CCC1C(Cc1c[nH]c3ccc(Br)cc13)C2. The Kier molecular flexibility index (Phi) is 2.99. The summed E-state index contributed by atoms with van der Waals surface area (Å²) in [6, 6.07) is 6.71. The normalized spacial score (nSPS) is 27.7. The lowest BCUT2D eigenvalue weighted by molar-refractivity contribution is 0.135. The minimum atomic E-state index is -0.744. The third kappa shape index (κ3) is 2.06. The zero-order valence-electron chi connectivity index (χ0n) is 11.6. The van der Waals surface area contributed by atoms with E-state index in [4.69, 9.17) is 0 Å². The number of benzene rings is 1. The van der Waals surface area contributed by atoms with Gasteiger partial charge in [-0.1, -0.05) is 15.9 Å². The second kappa shape index (κ2) is 4.77. The zero-order chi connectivity index (χ0) is 14.6. The molecule has 2 aliphatic rings. The second-order valence-electron chi connectivity index (χ2n) is 6.19. The Balaban J connectivity index is 1.61. The number of nitrogens with zero attached hydrogens (tertiary/aromatic N) is 1. The molecule has 2 fully saturated rings. The van der Waals surface area contributed by atoms with Crippen LogP contribution >= 0.6 is 15.9 Å². The van der Waals surface area contributed by atoms with Gasteiger partial charge in [0.2, 0.25) is 0 Å². The van der Waals surface area contributed by atoms with Crippen molar-refractivity contribution in [3.05, 3.63) is 34.4 Å². The molecule has 4 nitrogen and oxygen atoms in total. The van der Waals surface area contributed by atoms with Gasteiger partial charge in [0.25, 0.3) is 0 Å². The molecule has 1 amide bonds. The molecule has 110 valence electrons. The first-order chi connectivity index (χ1) is 10.1. The molecule has 3 heterocycles. The Morgan fingerprint density at radius 3 is 3.05 bits per heavy atom. The Bertz CT molecular complexity index is 711. The van der Waals surface area contributed by atoms with Crippen molar-refractivity contribution in [1.29, 1.82) is 0 Å². The maximum absolute atomic E-state index is 11.4. The summed E-state index contributed by atoms with van der Waals surface area (Å²) in [5.74, 6) is 0.456. The number of amides is 1. The molecule has 5 heteroatoms. The maximum Gasteiger partial charge on any atom is 0.407 e. The first kappa shape index (κ1) is 13.2. The summed E-state index contributed by atoms with van der Waals surface area (Å²) in [4.78, 5) is 16.4. The molecule has 2 aromatic rings. The van der Waals surface area contributed by atoms with Crippen LogP contribution in [0.4, 0.5) is 4.79 Å². The Morgan fingerprint density at radius 2 is 2.29 bits per heavy atom. The van der Waals surface area contributed by atoms with E-state index in [1.54, 1.807) is 4.90 Å². The first-order valence-electron chi connectivity index (χ1n) is 7.40. The number of carboxylic acid groups (broad SMARTS) is 1. The van der Waals surface area contributed by atoms with E-state index in [2.05, 4.69) is 39.2 Å². The van der Waals surface area contributed by atoms with Crippen LogP contribution in [0.1, 0.15) is 24.8 Å². The highest BCUT2D eigenvalue weighted by Gasteiger charge is 2.48. The van der Waals surface area contributed by atoms with Crippen molar-refractivity contribution >= 4 is 32.9 Å². The number of carbonyl (C=O) groups is 1. The fraction of sp³-hybridized carbons (Fsp3) is 0.438. The summed E-state index contributed by atoms with van der Waals surface area (Å²) in [6.07, 6.45) is 5.36. The highest BCUT2D eigenvalue weighted by atomic mass is 79.9. The van der Waals surface area contributed by atoms with E-state index in [0.29, 0.717) is 5.92 Å². The van der Waals surface area contributed by atoms with Crippen LogP contribution < -0.4 is 0 Å². The molecule has 3 atom stereocenters. The van der Waals surface area contributed by atoms with E-state index < -0.39 is 6.09 Å². The van der Waals surface area contributed by atoms with Crippen molar-refractivity contribution in [2.24, 2.45) is 5.92 Å². The topological polar surface area (TPSA) is 56.3 Å². The van der Waals surface area contributed by atoms with Crippen LogP contribution in [0.25, 0.3) is 10.9 Å². The number of halogens is 1. The summed E-state index contributed by atoms with van der Waals surface area (Å²) in [5, 5.41) is 10.6.